The molecule has 32 heavy (non-hydrogen) atoms. The van der Waals surface area contributed by atoms with Crippen LogP contribution in [0.4, 0.5) is 10.3 Å². The van der Waals surface area contributed by atoms with Gasteiger partial charge in [0.2, 0.25) is 5.95 Å². The quantitative estimate of drug-likeness (QED) is 0.409. The highest BCUT2D eigenvalue weighted by Crippen LogP contribution is 2.31. The van der Waals surface area contributed by atoms with Gasteiger partial charge in [-0.3, -0.25) is 9.21 Å². The fraction of sp³-hybridized carbons (Fsp3) is 0.348. The second-order valence-electron chi connectivity index (χ2n) is 7.78. The molecular weight excluding hydrogens is 427 g/mol. The van der Waals surface area contributed by atoms with Gasteiger partial charge < -0.3 is 4.74 Å². The van der Waals surface area contributed by atoms with E-state index in [1.807, 2.05) is 35.0 Å². The molecule has 0 bridgehead atoms. The van der Waals surface area contributed by atoms with Gasteiger partial charge in [0, 0.05) is 31.3 Å². The summed E-state index contributed by atoms with van der Waals surface area (Å²) >= 11 is 1.60. The fourth-order valence-corrected chi connectivity index (χ4v) is 4.83. The van der Waals surface area contributed by atoms with Crippen molar-refractivity contribution in [3.63, 3.8) is 0 Å². The van der Waals surface area contributed by atoms with E-state index in [0.29, 0.717) is 12.3 Å². The van der Waals surface area contributed by atoms with Crippen molar-refractivity contribution >= 4 is 34.4 Å². The SMILES string of the molecule is CCN(SC)c1nc2c(OC)cccc2c2nc(CN3CCc4cc(F)ccc4C3)nn12. The number of benzene rings is 2. The topological polar surface area (TPSA) is 58.8 Å². The highest BCUT2D eigenvalue weighted by molar-refractivity contribution is 7.99. The summed E-state index contributed by atoms with van der Waals surface area (Å²) in [6.45, 7) is 5.09. The number of halogens is 1. The maximum absolute atomic E-state index is 13.5. The Balaban J connectivity index is 1.56. The monoisotopic (exact) mass is 452 g/mol. The van der Waals surface area contributed by atoms with Gasteiger partial charge in [0.15, 0.2) is 11.5 Å². The van der Waals surface area contributed by atoms with Crippen molar-refractivity contribution in [1.29, 1.82) is 0 Å². The van der Waals surface area contributed by atoms with Crippen molar-refractivity contribution < 1.29 is 9.13 Å². The Morgan fingerprint density at radius 1 is 1.19 bits per heavy atom. The first-order chi connectivity index (χ1) is 15.6. The molecule has 0 unspecified atom stereocenters. The minimum atomic E-state index is -0.171. The molecule has 9 heteroatoms. The van der Waals surface area contributed by atoms with Gasteiger partial charge in [0.1, 0.15) is 17.1 Å². The molecule has 0 N–H and O–H groups in total. The predicted octanol–water partition coefficient (Wildman–Crippen LogP) is 4.09. The highest BCUT2D eigenvalue weighted by Gasteiger charge is 2.22. The molecule has 1 aliphatic rings. The number of anilines is 1. The summed E-state index contributed by atoms with van der Waals surface area (Å²) in [5.74, 6) is 2.01. The lowest BCUT2D eigenvalue weighted by Crippen LogP contribution is -2.30. The lowest BCUT2D eigenvalue weighted by Gasteiger charge is -2.27. The van der Waals surface area contributed by atoms with Crippen LogP contribution in [0.25, 0.3) is 16.6 Å². The molecule has 0 radical (unpaired) electrons. The van der Waals surface area contributed by atoms with E-state index in [1.54, 1.807) is 25.1 Å². The van der Waals surface area contributed by atoms with Crippen LogP contribution >= 0.6 is 11.9 Å². The Hall–Kier alpha value is -2.91. The molecule has 7 nitrogen and oxygen atoms in total. The van der Waals surface area contributed by atoms with Crippen molar-refractivity contribution in [2.45, 2.75) is 26.4 Å². The third-order valence-corrected chi connectivity index (χ3v) is 6.73. The third kappa shape index (κ3) is 3.65. The molecular formula is C23H25FN6OS. The second kappa shape index (κ2) is 8.55. The number of methoxy groups -OCH3 is 1. The lowest BCUT2D eigenvalue weighted by atomic mass is 10.00. The van der Waals surface area contributed by atoms with Gasteiger partial charge in [-0.15, -0.1) is 5.10 Å². The van der Waals surface area contributed by atoms with Gasteiger partial charge in [-0.25, -0.2) is 14.4 Å². The summed E-state index contributed by atoms with van der Waals surface area (Å²) < 4.78 is 23.0. The molecule has 0 saturated carbocycles. The zero-order valence-electron chi connectivity index (χ0n) is 18.4. The van der Waals surface area contributed by atoms with Crippen molar-refractivity contribution in [2.75, 3.05) is 30.8 Å². The Kier molecular flexibility index (Phi) is 5.60. The van der Waals surface area contributed by atoms with Crippen LogP contribution in [0.15, 0.2) is 36.4 Å². The third-order valence-electron chi connectivity index (χ3n) is 5.87. The molecule has 5 rings (SSSR count). The summed E-state index contributed by atoms with van der Waals surface area (Å²) in [4.78, 5) is 12.1. The van der Waals surface area contributed by atoms with Crippen LogP contribution in [0.3, 0.4) is 0 Å². The minimum absolute atomic E-state index is 0.171. The first kappa shape index (κ1) is 21.0. The lowest BCUT2D eigenvalue weighted by molar-refractivity contribution is 0.239. The number of nitrogens with zero attached hydrogens (tertiary/aromatic N) is 6. The van der Waals surface area contributed by atoms with Crippen LogP contribution in [0.1, 0.15) is 23.9 Å². The number of rotatable bonds is 6. The first-order valence-electron chi connectivity index (χ1n) is 10.6. The zero-order valence-corrected chi connectivity index (χ0v) is 19.2. The molecule has 0 spiro atoms. The van der Waals surface area contributed by atoms with Crippen LogP contribution in [-0.2, 0) is 19.5 Å². The van der Waals surface area contributed by atoms with E-state index < -0.39 is 0 Å². The van der Waals surface area contributed by atoms with Crippen molar-refractivity contribution in [2.24, 2.45) is 0 Å². The van der Waals surface area contributed by atoms with Crippen LogP contribution in [-0.4, -0.2) is 50.9 Å². The Morgan fingerprint density at radius 2 is 2.06 bits per heavy atom. The summed E-state index contributed by atoms with van der Waals surface area (Å²) in [6.07, 6.45) is 2.85. The van der Waals surface area contributed by atoms with Crippen LogP contribution in [0.2, 0.25) is 0 Å². The summed E-state index contributed by atoms with van der Waals surface area (Å²) in [5.41, 5.74) is 3.80. The van der Waals surface area contributed by atoms with E-state index in [4.69, 9.17) is 19.8 Å². The Labute approximate surface area is 190 Å². The smallest absolute Gasteiger partial charge is 0.239 e. The summed E-state index contributed by atoms with van der Waals surface area (Å²) in [6, 6.07) is 10.9. The molecule has 2 aromatic heterocycles. The number of fused-ring (bicyclic) bond motifs is 4. The van der Waals surface area contributed by atoms with Gasteiger partial charge in [-0.05, 0) is 48.7 Å². The number of aromatic nitrogens is 4. The Bertz CT molecular complexity index is 1290. The van der Waals surface area contributed by atoms with Crippen LogP contribution < -0.4 is 9.04 Å². The van der Waals surface area contributed by atoms with E-state index in [-0.39, 0.29) is 5.82 Å². The molecule has 4 aromatic rings. The van der Waals surface area contributed by atoms with Crippen molar-refractivity contribution in [3.05, 3.63) is 59.2 Å². The zero-order chi connectivity index (χ0) is 22.2. The fourth-order valence-electron chi connectivity index (χ4n) is 4.29. The van der Waals surface area contributed by atoms with Crippen molar-refractivity contribution in [1.82, 2.24) is 24.5 Å². The second-order valence-corrected chi connectivity index (χ2v) is 8.59. The van der Waals surface area contributed by atoms with Crippen LogP contribution in [0.5, 0.6) is 5.75 Å². The van der Waals surface area contributed by atoms with Gasteiger partial charge in [0.25, 0.3) is 0 Å². The summed E-state index contributed by atoms with van der Waals surface area (Å²) in [7, 11) is 1.65. The normalized spacial score (nSPS) is 14.1. The molecule has 0 saturated heterocycles. The van der Waals surface area contributed by atoms with E-state index in [0.717, 1.165) is 59.9 Å². The van der Waals surface area contributed by atoms with E-state index in [9.17, 15) is 4.39 Å². The van der Waals surface area contributed by atoms with E-state index in [1.165, 1.54) is 11.6 Å². The molecule has 0 atom stereocenters. The molecule has 166 valence electrons. The maximum atomic E-state index is 13.5. The predicted molar refractivity (Wildman–Crippen MR) is 126 cm³/mol. The highest BCUT2D eigenvalue weighted by atomic mass is 32.2. The number of hydrogen-bond acceptors (Lipinski definition) is 7. The van der Waals surface area contributed by atoms with E-state index >= 15 is 0 Å². The standard InChI is InChI=1S/C23H25FN6OS/c1-4-29(32-3)23-26-21-18(6-5-7-19(21)31-2)22-25-20(27-30(22)23)14-28-11-10-15-12-17(24)9-8-16(15)13-28/h5-9,12H,4,10-11,13-14H2,1-3H3. The minimum Gasteiger partial charge on any atom is -0.494 e. The Morgan fingerprint density at radius 3 is 2.84 bits per heavy atom. The van der Waals surface area contributed by atoms with Gasteiger partial charge >= 0.3 is 0 Å². The largest absolute Gasteiger partial charge is 0.494 e. The number of ether oxygens (including phenoxy) is 1. The van der Waals surface area contributed by atoms with Gasteiger partial charge in [-0.2, -0.15) is 4.52 Å². The molecule has 0 fully saturated rings. The van der Waals surface area contributed by atoms with Gasteiger partial charge in [0.05, 0.1) is 13.7 Å². The molecule has 2 aromatic carbocycles. The maximum Gasteiger partial charge on any atom is 0.239 e. The van der Waals surface area contributed by atoms with Gasteiger partial charge in [-0.1, -0.05) is 24.1 Å². The van der Waals surface area contributed by atoms with Crippen molar-refractivity contribution in [3.8, 4) is 5.75 Å². The molecule has 0 amide bonds. The average molecular weight is 453 g/mol. The van der Waals surface area contributed by atoms with Crippen LogP contribution in [0, 0.1) is 5.82 Å². The average Bonchev–Trinajstić information content (AvgIpc) is 3.23. The summed E-state index contributed by atoms with van der Waals surface area (Å²) in [5, 5.41) is 5.75. The molecule has 3 heterocycles. The van der Waals surface area contributed by atoms with E-state index in [2.05, 4.69) is 16.1 Å². The molecule has 1 aliphatic heterocycles. The molecule has 0 aliphatic carbocycles. The number of para-hydroxylation sites is 1. The number of hydrogen-bond donors (Lipinski definition) is 0. The first-order valence-corrected chi connectivity index (χ1v) is 11.8.